The highest BCUT2D eigenvalue weighted by molar-refractivity contribution is 9.12. The summed E-state index contributed by atoms with van der Waals surface area (Å²) in [4.78, 5) is 2.92. The van der Waals surface area contributed by atoms with Gasteiger partial charge in [-0.05, 0) is 55.2 Å². The molecule has 4 fully saturated rings. The van der Waals surface area contributed by atoms with Crippen molar-refractivity contribution in [2.24, 2.45) is 28.1 Å². The summed E-state index contributed by atoms with van der Waals surface area (Å²) in [5, 5.41) is 23.0. The minimum atomic E-state index is -0.878. The van der Waals surface area contributed by atoms with Gasteiger partial charge in [-0.2, -0.15) is 0 Å². The summed E-state index contributed by atoms with van der Waals surface area (Å²) < 4.78 is 12.7. The molecule has 5 rings (SSSR count). The lowest BCUT2D eigenvalue weighted by Gasteiger charge is -2.63. The number of ether oxygens (including phenoxy) is 2. The van der Waals surface area contributed by atoms with E-state index in [0.717, 1.165) is 44.9 Å². The highest BCUT2D eigenvalue weighted by Crippen LogP contribution is 2.67. The lowest BCUT2D eigenvalue weighted by atomic mass is 9.45. The van der Waals surface area contributed by atoms with Crippen molar-refractivity contribution in [1.29, 1.82) is 0 Å². The molecule has 1 heterocycles. The summed E-state index contributed by atoms with van der Waals surface area (Å²) in [6, 6.07) is 0. The number of fused-ring (bicyclic) bond motifs is 5. The Morgan fingerprint density at radius 1 is 1.10 bits per heavy atom. The molecule has 6 atom stereocenters. The van der Waals surface area contributed by atoms with Gasteiger partial charge in [0.25, 0.3) is 0 Å². The van der Waals surface area contributed by atoms with Crippen LogP contribution in [0.2, 0.25) is 0 Å². The average Bonchev–Trinajstić information content (AvgIpc) is 3.04. The number of aliphatic hydroxyl groups excluding tert-OH is 1. The van der Waals surface area contributed by atoms with Crippen LogP contribution in [-0.4, -0.2) is 40.9 Å². The van der Waals surface area contributed by atoms with Crippen molar-refractivity contribution >= 4 is 15.9 Å². The Kier molecular flexibility index (Phi) is 5.28. The van der Waals surface area contributed by atoms with Gasteiger partial charge < -0.3 is 19.7 Å². The van der Waals surface area contributed by atoms with Crippen LogP contribution in [0.3, 0.4) is 0 Å². The Bertz CT molecular complexity index is 830. The van der Waals surface area contributed by atoms with Crippen LogP contribution in [0.4, 0.5) is 0 Å². The number of allylic oxidation sites excluding steroid dienone is 1. The zero-order valence-electron chi connectivity index (χ0n) is 19.2. The fourth-order valence-electron chi connectivity index (χ4n) is 7.79. The van der Waals surface area contributed by atoms with E-state index in [9.17, 15) is 10.2 Å². The van der Waals surface area contributed by atoms with Crippen LogP contribution >= 0.6 is 15.9 Å². The standard InChI is InChI=1S/C26H37BrO4/c1-22(2)16-30-26(31-17-22)13-12-24(9-4-14-27)20-8-10-23(3)19(5-6-21(23)28)18(20)7-11-25(24,29)15-26/h8,18-19,21,28-29H,5-7,9-13,15-17H2,1-3H3/t18-,19-,21-,23-,24+,25+/m0/s1. The molecule has 0 unspecified atom stereocenters. The predicted molar refractivity (Wildman–Crippen MR) is 123 cm³/mol. The number of hydrogen-bond donors (Lipinski definition) is 2. The first-order valence-corrected chi connectivity index (χ1v) is 12.9. The fraction of sp³-hybridized carbons (Fsp3) is 0.846. The van der Waals surface area contributed by atoms with Crippen LogP contribution < -0.4 is 0 Å². The summed E-state index contributed by atoms with van der Waals surface area (Å²) in [5.74, 6) is 3.55. The van der Waals surface area contributed by atoms with Gasteiger partial charge in [-0.25, -0.2) is 0 Å². The number of rotatable bonds is 1. The Morgan fingerprint density at radius 3 is 2.55 bits per heavy atom. The maximum absolute atomic E-state index is 12.3. The Labute approximate surface area is 195 Å². The normalized spacial score (nSPS) is 47.4. The van der Waals surface area contributed by atoms with E-state index in [1.807, 2.05) is 0 Å². The molecule has 31 heavy (non-hydrogen) atoms. The Hall–Kier alpha value is -0.380. The van der Waals surface area contributed by atoms with Crippen LogP contribution in [0, 0.1) is 38.8 Å². The van der Waals surface area contributed by atoms with E-state index in [1.165, 1.54) is 5.57 Å². The molecule has 2 N–H and O–H groups in total. The zero-order chi connectivity index (χ0) is 22.1. The van der Waals surface area contributed by atoms with Crippen molar-refractivity contribution in [3.8, 4) is 10.8 Å². The van der Waals surface area contributed by atoms with E-state index >= 15 is 0 Å². The SMILES string of the molecule is CC1(C)COC2(CC[C@]3(CC#CBr)C4=CC[C@]5(C)[C@@H](O)CC[C@H]5[C@@H]4CC[C@@]3(O)C2)OC1. The summed E-state index contributed by atoms with van der Waals surface area (Å²) in [6.45, 7) is 7.94. The molecule has 0 amide bonds. The van der Waals surface area contributed by atoms with Crippen molar-refractivity contribution in [1.82, 2.24) is 0 Å². The minimum Gasteiger partial charge on any atom is -0.393 e. The van der Waals surface area contributed by atoms with Gasteiger partial charge in [0.05, 0.1) is 24.9 Å². The summed E-state index contributed by atoms with van der Waals surface area (Å²) in [6.07, 6.45) is 9.59. The smallest absolute Gasteiger partial charge is 0.171 e. The molecule has 0 aromatic heterocycles. The van der Waals surface area contributed by atoms with Crippen molar-refractivity contribution in [2.45, 2.75) is 96.1 Å². The van der Waals surface area contributed by atoms with Gasteiger partial charge in [0.2, 0.25) is 0 Å². The molecular weight excluding hydrogens is 456 g/mol. The van der Waals surface area contributed by atoms with Crippen molar-refractivity contribution in [3.63, 3.8) is 0 Å². The van der Waals surface area contributed by atoms with Gasteiger partial charge >= 0.3 is 0 Å². The lowest BCUT2D eigenvalue weighted by molar-refractivity contribution is -0.343. The van der Waals surface area contributed by atoms with Crippen LogP contribution in [0.1, 0.15) is 78.6 Å². The zero-order valence-corrected chi connectivity index (χ0v) is 20.8. The molecule has 4 nitrogen and oxygen atoms in total. The third kappa shape index (κ3) is 3.23. The summed E-state index contributed by atoms with van der Waals surface area (Å²) in [5.41, 5.74) is 0.177. The Morgan fingerprint density at radius 2 is 1.84 bits per heavy atom. The number of hydrogen-bond acceptors (Lipinski definition) is 4. The molecule has 5 aliphatic rings. The van der Waals surface area contributed by atoms with Crippen LogP contribution in [-0.2, 0) is 9.47 Å². The third-order valence-electron chi connectivity index (χ3n) is 9.72. The number of halogens is 1. The van der Waals surface area contributed by atoms with Crippen LogP contribution in [0.5, 0.6) is 0 Å². The van der Waals surface area contributed by atoms with Gasteiger partial charge in [0.15, 0.2) is 5.79 Å². The molecule has 1 aliphatic heterocycles. The fourth-order valence-corrected chi connectivity index (χ4v) is 7.93. The van der Waals surface area contributed by atoms with Crippen molar-refractivity contribution < 1.29 is 19.7 Å². The van der Waals surface area contributed by atoms with E-state index in [-0.39, 0.29) is 22.3 Å². The summed E-state index contributed by atoms with van der Waals surface area (Å²) in [7, 11) is 0. The quantitative estimate of drug-likeness (QED) is 0.402. The maximum atomic E-state index is 12.3. The van der Waals surface area contributed by atoms with Gasteiger partial charge in [-0.3, -0.25) is 0 Å². The maximum Gasteiger partial charge on any atom is 0.171 e. The molecule has 1 spiro atoms. The molecule has 4 aliphatic carbocycles. The highest BCUT2D eigenvalue weighted by Gasteiger charge is 2.66. The molecule has 0 bridgehead atoms. The molecule has 172 valence electrons. The first-order chi connectivity index (χ1) is 14.6. The second-order valence-corrected chi connectivity index (χ2v) is 12.5. The average molecular weight is 493 g/mol. The third-order valence-corrected chi connectivity index (χ3v) is 10.0. The minimum absolute atomic E-state index is 0.0150. The lowest BCUT2D eigenvalue weighted by Crippen LogP contribution is -2.65. The molecule has 1 saturated heterocycles. The Balaban J connectivity index is 1.51. The highest BCUT2D eigenvalue weighted by atomic mass is 79.9. The second-order valence-electron chi connectivity index (χ2n) is 12.1. The van der Waals surface area contributed by atoms with Crippen LogP contribution in [0.25, 0.3) is 0 Å². The predicted octanol–water partition coefficient (Wildman–Crippen LogP) is 4.92. The molecule has 0 aromatic carbocycles. The number of aliphatic hydroxyl groups is 2. The van der Waals surface area contributed by atoms with E-state index in [0.29, 0.717) is 37.9 Å². The van der Waals surface area contributed by atoms with Gasteiger partial charge in [-0.15, -0.1) is 0 Å². The first kappa shape index (κ1) is 22.4. The van der Waals surface area contributed by atoms with Gasteiger partial charge in [0.1, 0.15) is 0 Å². The van der Waals surface area contributed by atoms with E-state index in [4.69, 9.17) is 9.47 Å². The topological polar surface area (TPSA) is 58.9 Å². The van der Waals surface area contributed by atoms with Crippen molar-refractivity contribution in [2.75, 3.05) is 13.2 Å². The monoisotopic (exact) mass is 492 g/mol. The summed E-state index contributed by atoms with van der Waals surface area (Å²) >= 11 is 3.29. The molecule has 0 aromatic rings. The van der Waals surface area contributed by atoms with Crippen LogP contribution in [0.15, 0.2) is 11.6 Å². The largest absolute Gasteiger partial charge is 0.393 e. The molecule has 0 radical (unpaired) electrons. The molecular formula is C26H37BrO4. The van der Waals surface area contributed by atoms with Gasteiger partial charge in [0, 0.05) is 51.4 Å². The first-order valence-electron chi connectivity index (χ1n) is 12.1. The van der Waals surface area contributed by atoms with E-state index in [1.54, 1.807) is 0 Å². The van der Waals surface area contributed by atoms with E-state index in [2.05, 4.69) is 53.5 Å². The van der Waals surface area contributed by atoms with Crippen molar-refractivity contribution in [3.05, 3.63) is 11.6 Å². The second kappa shape index (κ2) is 7.31. The molecule has 5 heteroatoms. The van der Waals surface area contributed by atoms with Gasteiger partial charge in [-0.1, -0.05) is 38.3 Å². The molecule has 3 saturated carbocycles. The van der Waals surface area contributed by atoms with E-state index < -0.39 is 11.4 Å².